The van der Waals surface area contributed by atoms with Gasteiger partial charge in [-0.15, -0.1) is 0 Å². The Morgan fingerprint density at radius 2 is 2.38 bits per heavy atom. The average Bonchev–Trinajstić information content (AvgIpc) is 2.11. The fourth-order valence-corrected chi connectivity index (χ4v) is 1.30. The first-order valence-corrected chi connectivity index (χ1v) is 4.66. The second-order valence-electron chi connectivity index (χ2n) is 3.26. The molecule has 0 bridgehead atoms. The molecule has 3 nitrogen and oxygen atoms in total. The zero-order chi connectivity index (χ0) is 8.93. The van der Waals surface area contributed by atoms with Crippen LogP contribution in [0.3, 0.4) is 0 Å². The zero-order valence-corrected chi connectivity index (χ0v) is 7.57. The van der Waals surface area contributed by atoms with Crippen molar-refractivity contribution < 1.29 is 4.74 Å². The summed E-state index contributed by atoms with van der Waals surface area (Å²) in [5, 5.41) is 3.40. The number of ether oxygens (including phenoxy) is 1. The van der Waals surface area contributed by atoms with E-state index in [1.54, 1.807) is 0 Å². The standard InChI is InChI=1S/C10H14N2O/c1-2-5-11-9(3-1)4-6-12-10-7-13-8-10/h1-3,5,10,12H,4,6-8H2. The average molecular weight is 178 g/mol. The maximum Gasteiger partial charge on any atom is 0.0643 e. The van der Waals surface area contributed by atoms with Crippen molar-refractivity contribution >= 4 is 0 Å². The molecule has 2 heterocycles. The molecule has 1 aromatic heterocycles. The minimum absolute atomic E-state index is 0.573. The van der Waals surface area contributed by atoms with E-state index >= 15 is 0 Å². The lowest BCUT2D eigenvalue weighted by atomic mass is 10.2. The Balaban J connectivity index is 1.67. The van der Waals surface area contributed by atoms with Gasteiger partial charge in [0.05, 0.1) is 19.3 Å². The first-order chi connectivity index (χ1) is 6.45. The van der Waals surface area contributed by atoms with Gasteiger partial charge in [0.2, 0.25) is 0 Å². The van der Waals surface area contributed by atoms with Crippen molar-refractivity contribution in [3.8, 4) is 0 Å². The molecular weight excluding hydrogens is 164 g/mol. The van der Waals surface area contributed by atoms with Crippen LogP contribution < -0.4 is 5.32 Å². The van der Waals surface area contributed by atoms with E-state index in [0.717, 1.165) is 31.9 Å². The summed E-state index contributed by atoms with van der Waals surface area (Å²) in [5.41, 5.74) is 1.15. The lowest BCUT2D eigenvalue weighted by molar-refractivity contribution is -0.00469. The SMILES string of the molecule is c1ccc(CCNC2COC2)nc1. The van der Waals surface area contributed by atoms with Gasteiger partial charge in [0.15, 0.2) is 0 Å². The predicted octanol–water partition coefficient (Wildman–Crippen LogP) is 0.612. The molecule has 0 aliphatic carbocycles. The lowest BCUT2D eigenvalue weighted by Crippen LogP contribution is -2.46. The number of rotatable bonds is 4. The smallest absolute Gasteiger partial charge is 0.0643 e. The van der Waals surface area contributed by atoms with E-state index in [2.05, 4.69) is 16.4 Å². The van der Waals surface area contributed by atoms with Gasteiger partial charge in [0, 0.05) is 24.9 Å². The van der Waals surface area contributed by atoms with Gasteiger partial charge in [-0.3, -0.25) is 4.98 Å². The Hall–Kier alpha value is -0.930. The molecule has 0 atom stereocenters. The third kappa shape index (κ3) is 2.50. The molecule has 0 radical (unpaired) electrons. The van der Waals surface area contributed by atoms with Crippen molar-refractivity contribution in [3.63, 3.8) is 0 Å². The second-order valence-corrected chi connectivity index (χ2v) is 3.26. The summed E-state index contributed by atoms with van der Waals surface area (Å²) in [7, 11) is 0. The van der Waals surface area contributed by atoms with Crippen LogP contribution in [-0.2, 0) is 11.2 Å². The molecule has 1 fully saturated rings. The molecule has 70 valence electrons. The van der Waals surface area contributed by atoms with Gasteiger partial charge in [0.25, 0.3) is 0 Å². The van der Waals surface area contributed by atoms with E-state index in [1.165, 1.54) is 0 Å². The number of nitrogens with zero attached hydrogens (tertiary/aromatic N) is 1. The first-order valence-electron chi connectivity index (χ1n) is 4.66. The van der Waals surface area contributed by atoms with Gasteiger partial charge in [-0.1, -0.05) is 6.07 Å². The number of hydrogen-bond acceptors (Lipinski definition) is 3. The Morgan fingerprint density at radius 1 is 1.46 bits per heavy atom. The summed E-state index contributed by atoms with van der Waals surface area (Å²) in [5.74, 6) is 0. The van der Waals surface area contributed by atoms with Gasteiger partial charge in [-0.2, -0.15) is 0 Å². The fraction of sp³-hybridized carbons (Fsp3) is 0.500. The van der Waals surface area contributed by atoms with Crippen LogP contribution in [0.2, 0.25) is 0 Å². The van der Waals surface area contributed by atoms with Crippen molar-refractivity contribution in [2.24, 2.45) is 0 Å². The highest BCUT2D eigenvalue weighted by Crippen LogP contribution is 1.99. The Kier molecular flexibility index (Phi) is 2.90. The third-order valence-electron chi connectivity index (χ3n) is 2.18. The summed E-state index contributed by atoms with van der Waals surface area (Å²) in [6, 6.07) is 6.59. The molecule has 0 unspecified atom stereocenters. The van der Waals surface area contributed by atoms with Crippen LogP contribution in [0.4, 0.5) is 0 Å². The minimum atomic E-state index is 0.573. The summed E-state index contributed by atoms with van der Waals surface area (Å²) in [6.45, 7) is 2.72. The molecule has 1 aliphatic heterocycles. The molecule has 3 heteroatoms. The molecule has 0 amide bonds. The van der Waals surface area contributed by atoms with Crippen LogP contribution in [0.15, 0.2) is 24.4 Å². The van der Waals surface area contributed by atoms with E-state index in [9.17, 15) is 0 Å². The van der Waals surface area contributed by atoms with Crippen molar-refractivity contribution in [3.05, 3.63) is 30.1 Å². The van der Waals surface area contributed by atoms with Gasteiger partial charge in [0.1, 0.15) is 0 Å². The maximum atomic E-state index is 5.06. The number of aromatic nitrogens is 1. The number of nitrogens with one attached hydrogen (secondary N) is 1. The van der Waals surface area contributed by atoms with Gasteiger partial charge in [-0.25, -0.2) is 0 Å². The highest BCUT2D eigenvalue weighted by Gasteiger charge is 2.16. The molecule has 0 aromatic carbocycles. The normalized spacial score (nSPS) is 16.9. The van der Waals surface area contributed by atoms with Crippen LogP contribution >= 0.6 is 0 Å². The van der Waals surface area contributed by atoms with Crippen LogP contribution in [-0.4, -0.2) is 30.8 Å². The van der Waals surface area contributed by atoms with Crippen molar-refractivity contribution in [1.82, 2.24) is 10.3 Å². The molecule has 1 aliphatic rings. The lowest BCUT2D eigenvalue weighted by Gasteiger charge is -2.26. The minimum Gasteiger partial charge on any atom is -0.378 e. The quantitative estimate of drug-likeness (QED) is 0.733. The number of hydrogen-bond donors (Lipinski definition) is 1. The monoisotopic (exact) mass is 178 g/mol. The van der Waals surface area contributed by atoms with Crippen LogP contribution in [0.25, 0.3) is 0 Å². The van der Waals surface area contributed by atoms with Gasteiger partial charge >= 0.3 is 0 Å². The largest absolute Gasteiger partial charge is 0.378 e. The number of pyridine rings is 1. The topological polar surface area (TPSA) is 34.1 Å². The zero-order valence-electron chi connectivity index (χ0n) is 7.57. The highest BCUT2D eigenvalue weighted by molar-refractivity contribution is 5.03. The van der Waals surface area contributed by atoms with Crippen LogP contribution in [0, 0.1) is 0 Å². The molecular formula is C10H14N2O. The molecule has 2 rings (SSSR count). The van der Waals surface area contributed by atoms with E-state index < -0.39 is 0 Å². The van der Waals surface area contributed by atoms with E-state index in [0.29, 0.717) is 6.04 Å². The van der Waals surface area contributed by atoms with Crippen molar-refractivity contribution in [2.45, 2.75) is 12.5 Å². The first kappa shape index (κ1) is 8.66. The second kappa shape index (κ2) is 4.35. The maximum absolute atomic E-state index is 5.06. The van der Waals surface area contributed by atoms with Crippen LogP contribution in [0.1, 0.15) is 5.69 Å². The molecule has 13 heavy (non-hydrogen) atoms. The van der Waals surface area contributed by atoms with Crippen LogP contribution in [0.5, 0.6) is 0 Å². The molecule has 1 aromatic rings. The van der Waals surface area contributed by atoms with Gasteiger partial charge in [-0.05, 0) is 12.1 Å². The summed E-state index contributed by atoms with van der Waals surface area (Å²) >= 11 is 0. The van der Waals surface area contributed by atoms with E-state index in [1.807, 2.05) is 18.3 Å². The summed E-state index contributed by atoms with van der Waals surface area (Å²) < 4.78 is 5.06. The Labute approximate surface area is 78.1 Å². The Bertz CT molecular complexity index is 246. The molecule has 0 spiro atoms. The molecule has 1 N–H and O–H groups in total. The predicted molar refractivity (Wildman–Crippen MR) is 50.6 cm³/mol. The molecule has 0 saturated carbocycles. The van der Waals surface area contributed by atoms with Crippen molar-refractivity contribution in [1.29, 1.82) is 0 Å². The van der Waals surface area contributed by atoms with Gasteiger partial charge < -0.3 is 10.1 Å². The summed E-state index contributed by atoms with van der Waals surface area (Å²) in [4.78, 5) is 4.25. The third-order valence-corrected chi connectivity index (χ3v) is 2.18. The van der Waals surface area contributed by atoms with E-state index in [-0.39, 0.29) is 0 Å². The van der Waals surface area contributed by atoms with E-state index in [4.69, 9.17) is 4.74 Å². The molecule has 1 saturated heterocycles. The summed E-state index contributed by atoms with van der Waals surface area (Å²) in [6.07, 6.45) is 2.83. The highest BCUT2D eigenvalue weighted by atomic mass is 16.5. The fourth-order valence-electron chi connectivity index (χ4n) is 1.30. The Morgan fingerprint density at radius 3 is 3.00 bits per heavy atom. The van der Waals surface area contributed by atoms with Crippen molar-refractivity contribution in [2.75, 3.05) is 19.8 Å².